The number of aliphatic imine (C=N–C) groups is 1. The van der Waals surface area contributed by atoms with Crippen LogP contribution in [0.1, 0.15) is 41.3 Å². The fourth-order valence-corrected chi connectivity index (χ4v) is 4.46. The molecule has 2 aromatic rings. The molecule has 1 aromatic heterocycles. The molecule has 176 valence electrons. The van der Waals surface area contributed by atoms with E-state index in [1.807, 2.05) is 62.4 Å². The van der Waals surface area contributed by atoms with Gasteiger partial charge in [-0.3, -0.25) is 14.6 Å². The maximum absolute atomic E-state index is 12.9. The number of aromatic nitrogens is 2. The van der Waals surface area contributed by atoms with Crippen LogP contribution in [0.4, 0.5) is 17.2 Å². The quantitative estimate of drug-likeness (QED) is 0.398. The van der Waals surface area contributed by atoms with Crippen LogP contribution in [0.25, 0.3) is 11.3 Å². The first-order valence-electron chi connectivity index (χ1n) is 11.8. The number of hydrogen-bond acceptors (Lipinski definition) is 5. The third-order valence-electron chi connectivity index (χ3n) is 6.36. The number of pyridine rings is 1. The summed E-state index contributed by atoms with van der Waals surface area (Å²) in [6, 6.07) is 18.7. The number of nitrogens with zero attached hydrogens (tertiary/aromatic N) is 3. The highest BCUT2D eigenvalue weighted by atomic mass is 16.1. The van der Waals surface area contributed by atoms with E-state index in [4.69, 9.17) is 4.99 Å². The van der Waals surface area contributed by atoms with Gasteiger partial charge in [0.05, 0.1) is 28.8 Å². The summed E-state index contributed by atoms with van der Waals surface area (Å²) in [5.74, 6) is 0.242. The number of hydrogen-bond donors (Lipinski definition) is 2. The highest BCUT2D eigenvalue weighted by Gasteiger charge is 2.17. The third kappa shape index (κ3) is 4.71. The van der Waals surface area contributed by atoms with Crippen molar-refractivity contribution in [2.75, 3.05) is 23.3 Å². The lowest BCUT2D eigenvalue weighted by Gasteiger charge is -2.17. The second-order valence-electron chi connectivity index (χ2n) is 8.82. The summed E-state index contributed by atoms with van der Waals surface area (Å²) < 4.78 is 0. The zero-order valence-electron chi connectivity index (χ0n) is 19.8. The van der Waals surface area contributed by atoms with Crippen LogP contribution in [0.2, 0.25) is 0 Å². The summed E-state index contributed by atoms with van der Waals surface area (Å²) in [5, 5.41) is 2.87. The molecule has 1 saturated heterocycles. The second-order valence-corrected chi connectivity index (χ2v) is 8.82. The predicted octanol–water partition coefficient (Wildman–Crippen LogP) is 5.18. The molecule has 1 fully saturated rings. The first-order valence-corrected chi connectivity index (χ1v) is 11.8. The van der Waals surface area contributed by atoms with Crippen molar-refractivity contribution >= 4 is 28.8 Å². The minimum Gasteiger partial charge on any atom is -0.370 e. The van der Waals surface area contributed by atoms with Gasteiger partial charge in [0, 0.05) is 29.9 Å². The molecule has 0 saturated carbocycles. The highest BCUT2D eigenvalue weighted by molar-refractivity contribution is 6.07. The summed E-state index contributed by atoms with van der Waals surface area (Å²) in [6.07, 6.45) is 4.20. The average molecular weight is 466 g/mol. The maximum Gasteiger partial charge on any atom is 0.258 e. The minimum atomic E-state index is -0.260. The fraction of sp³-hybridized carbons (Fsp3) is 0.214. The van der Waals surface area contributed by atoms with Gasteiger partial charge >= 0.3 is 0 Å². The van der Waals surface area contributed by atoms with Crippen LogP contribution in [-0.2, 0) is 0 Å². The minimum absolute atomic E-state index is 0.178. The Balaban J connectivity index is 1.38. The van der Waals surface area contributed by atoms with Crippen molar-refractivity contribution in [3.8, 4) is 11.3 Å². The Bertz CT molecular complexity index is 1430. The molecule has 0 radical (unpaired) electrons. The van der Waals surface area contributed by atoms with Gasteiger partial charge in [0.25, 0.3) is 11.5 Å². The number of aryl methyl sites for hydroxylation is 1. The lowest BCUT2D eigenvalue weighted by molar-refractivity contribution is 0.102. The Hall–Kier alpha value is -4.26. The summed E-state index contributed by atoms with van der Waals surface area (Å²) >= 11 is 0. The molecule has 2 aliphatic heterocycles. The first-order chi connectivity index (χ1) is 17.0. The lowest BCUT2D eigenvalue weighted by Crippen LogP contribution is -2.18. The molecule has 2 N–H and O–H groups in total. The number of H-pyrrole nitrogens is 1. The van der Waals surface area contributed by atoms with Gasteiger partial charge in [-0.15, -0.1) is 0 Å². The number of benzene rings is 1. The molecule has 35 heavy (non-hydrogen) atoms. The van der Waals surface area contributed by atoms with Gasteiger partial charge in [-0.1, -0.05) is 30.3 Å². The number of fused-ring (bicyclic) bond motifs is 1. The van der Waals surface area contributed by atoms with E-state index in [2.05, 4.69) is 20.2 Å². The molecule has 1 aliphatic carbocycles. The van der Waals surface area contributed by atoms with Gasteiger partial charge in [-0.2, -0.15) is 0 Å². The van der Waals surface area contributed by atoms with Gasteiger partial charge in [-0.05, 0) is 62.6 Å². The monoisotopic (exact) mass is 465 g/mol. The zero-order chi connectivity index (χ0) is 24.4. The largest absolute Gasteiger partial charge is 0.370 e. The number of rotatable bonds is 5. The first kappa shape index (κ1) is 22.5. The Morgan fingerprint density at radius 1 is 1.06 bits per heavy atom. The van der Waals surface area contributed by atoms with Crippen molar-refractivity contribution in [1.82, 2.24) is 9.97 Å². The van der Waals surface area contributed by atoms with E-state index in [0.29, 0.717) is 28.3 Å². The summed E-state index contributed by atoms with van der Waals surface area (Å²) in [4.78, 5) is 39.9. The molecular formula is C28H27N5O2. The van der Waals surface area contributed by atoms with Crippen molar-refractivity contribution in [2.24, 2.45) is 4.99 Å². The number of carbonyl (C=O) groups is 1. The van der Waals surface area contributed by atoms with E-state index in [1.165, 1.54) is 12.8 Å². The molecular weight excluding hydrogens is 438 g/mol. The molecule has 7 heteroatoms. The molecule has 0 atom stereocenters. The number of nitrogens with one attached hydrogen (secondary N) is 2. The van der Waals surface area contributed by atoms with Crippen LogP contribution in [0.5, 0.6) is 0 Å². The fourth-order valence-electron chi connectivity index (χ4n) is 4.46. The van der Waals surface area contributed by atoms with Crippen LogP contribution in [0.3, 0.4) is 0 Å². The topological polar surface area (TPSA) is 90.4 Å². The molecule has 3 aliphatic rings. The van der Waals surface area contributed by atoms with E-state index in [9.17, 15) is 9.59 Å². The van der Waals surface area contributed by atoms with Gasteiger partial charge in [0.2, 0.25) is 0 Å². The van der Waals surface area contributed by atoms with Gasteiger partial charge in [0.15, 0.2) is 0 Å². The van der Waals surface area contributed by atoms with Gasteiger partial charge < -0.3 is 15.2 Å². The van der Waals surface area contributed by atoms with Crippen LogP contribution in [0.15, 0.2) is 76.6 Å². The van der Waals surface area contributed by atoms with Gasteiger partial charge in [-0.25, -0.2) is 4.98 Å². The molecule has 1 aromatic carbocycles. The molecule has 0 spiro atoms. The molecule has 0 unspecified atom stereocenters. The average Bonchev–Trinajstić information content (AvgIpc) is 3.43. The molecule has 0 bridgehead atoms. The Kier molecular flexibility index (Phi) is 6.14. The van der Waals surface area contributed by atoms with Gasteiger partial charge in [0.1, 0.15) is 5.82 Å². The Morgan fingerprint density at radius 3 is 2.63 bits per heavy atom. The summed E-state index contributed by atoms with van der Waals surface area (Å²) in [6.45, 7) is 5.84. The maximum atomic E-state index is 12.9. The SMILES string of the molecule is CC(=Nc1cc(C(=O)Nc2ccc(N3CCCC3)cn2)ccc1C)c1c2cccccc-2[nH]c1=O. The predicted molar refractivity (Wildman–Crippen MR) is 140 cm³/mol. The van der Waals surface area contributed by atoms with Crippen molar-refractivity contribution in [2.45, 2.75) is 26.7 Å². The summed E-state index contributed by atoms with van der Waals surface area (Å²) in [5.41, 5.74) is 5.62. The van der Waals surface area contributed by atoms with Crippen LogP contribution in [-0.4, -0.2) is 34.7 Å². The van der Waals surface area contributed by atoms with E-state index in [-0.39, 0.29) is 11.5 Å². The van der Waals surface area contributed by atoms with E-state index in [0.717, 1.165) is 35.6 Å². The zero-order valence-corrected chi connectivity index (χ0v) is 19.8. The highest BCUT2D eigenvalue weighted by Crippen LogP contribution is 2.26. The van der Waals surface area contributed by atoms with E-state index < -0.39 is 0 Å². The standard InChI is InChI=1S/C28H27N5O2/c1-18-10-11-20(27(34)32-25-13-12-21(17-29-25)33-14-6-7-15-33)16-24(18)30-19(2)26-22-8-4-3-5-9-23(22)31-28(26)35/h3-5,8-13,16-17H,6-7,14-15H2,1-2H3,(H,31,35)(H,29,32,34). The van der Waals surface area contributed by atoms with Crippen molar-refractivity contribution in [3.05, 3.63) is 93.9 Å². The Morgan fingerprint density at radius 2 is 1.86 bits per heavy atom. The lowest BCUT2D eigenvalue weighted by atomic mass is 10.1. The van der Waals surface area contributed by atoms with E-state index in [1.54, 1.807) is 18.3 Å². The van der Waals surface area contributed by atoms with Crippen molar-refractivity contribution in [3.63, 3.8) is 0 Å². The number of carbonyl (C=O) groups excluding carboxylic acids is 1. The number of amides is 1. The van der Waals surface area contributed by atoms with Crippen molar-refractivity contribution < 1.29 is 4.79 Å². The second kappa shape index (κ2) is 9.54. The summed E-state index contributed by atoms with van der Waals surface area (Å²) in [7, 11) is 0. The smallest absolute Gasteiger partial charge is 0.258 e. The molecule has 1 amide bonds. The van der Waals surface area contributed by atoms with Crippen LogP contribution >= 0.6 is 0 Å². The van der Waals surface area contributed by atoms with Crippen LogP contribution < -0.4 is 15.8 Å². The molecule has 7 nitrogen and oxygen atoms in total. The van der Waals surface area contributed by atoms with Crippen LogP contribution in [0, 0.1) is 6.92 Å². The third-order valence-corrected chi connectivity index (χ3v) is 6.36. The number of anilines is 2. The van der Waals surface area contributed by atoms with Crippen molar-refractivity contribution in [1.29, 1.82) is 0 Å². The normalized spacial score (nSPS) is 13.9. The molecule has 3 heterocycles. The van der Waals surface area contributed by atoms with E-state index >= 15 is 0 Å². The molecule has 5 rings (SSSR count). The number of aromatic amines is 1. The Labute approximate surface area is 203 Å².